The Balaban J connectivity index is 2.07. The zero-order valence-electron chi connectivity index (χ0n) is 9.79. The topological polar surface area (TPSA) is 41.6 Å². The van der Waals surface area contributed by atoms with Crippen molar-refractivity contribution in [2.45, 2.75) is 20.3 Å². The number of morpholine rings is 1. The van der Waals surface area contributed by atoms with Crippen LogP contribution in [0.3, 0.4) is 0 Å². The van der Waals surface area contributed by atoms with Gasteiger partial charge in [-0.3, -0.25) is 9.69 Å². The lowest BCUT2D eigenvalue weighted by atomic mass is 10.1. The van der Waals surface area contributed by atoms with Crippen molar-refractivity contribution in [3.05, 3.63) is 0 Å². The Kier molecular flexibility index (Phi) is 5.65. The average molecular weight is 214 g/mol. The maximum Gasteiger partial charge on any atom is 0.222 e. The Labute approximate surface area is 92.0 Å². The van der Waals surface area contributed by atoms with E-state index in [4.69, 9.17) is 4.74 Å². The molecule has 1 aliphatic rings. The Bertz CT molecular complexity index is 191. The molecule has 1 amide bonds. The minimum atomic E-state index is 0.134. The maximum absolute atomic E-state index is 11.5. The van der Waals surface area contributed by atoms with Crippen LogP contribution in [0.2, 0.25) is 0 Å². The monoisotopic (exact) mass is 214 g/mol. The lowest BCUT2D eigenvalue weighted by molar-refractivity contribution is -0.124. The highest BCUT2D eigenvalue weighted by Gasteiger charge is 2.12. The van der Waals surface area contributed by atoms with E-state index in [1.807, 2.05) is 13.8 Å². The van der Waals surface area contributed by atoms with E-state index in [2.05, 4.69) is 10.2 Å². The predicted octanol–water partition coefficient (Wildman–Crippen LogP) is 0.481. The molecule has 0 saturated carbocycles. The first-order chi connectivity index (χ1) is 7.24. The van der Waals surface area contributed by atoms with E-state index in [1.54, 1.807) is 0 Å². The summed E-state index contributed by atoms with van der Waals surface area (Å²) in [5, 5.41) is 2.96. The standard InChI is InChI=1S/C11H22N2O2/c1-3-10(2)11(14)12-4-5-13-6-8-15-9-7-13/h10H,3-9H2,1-2H3,(H,12,14). The average Bonchev–Trinajstić information content (AvgIpc) is 2.29. The normalized spacial score (nSPS) is 19.9. The molecule has 4 heteroatoms. The van der Waals surface area contributed by atoms with Crippen molar-refractivity contribution in [1.29, 1.82) is 0 Å². The highest BCUT2D eigenvalue weighted by molar-refractivity contribution is 5.78. The van der Waals surface area contributed by atoms with Crippen LogP contribution in [-0.2, 0) is 9.53 Å². The van der Waals surface area contributed by atoms with Gasteiger partial charge in [-0.1, -0.05) is 13.8 Å². The maximum atomic E-state index is 11.5. The van der Waals surface area contributed by atoms with Gasteiger partial charge in [0, 0.05) is 32.1 Å². The molecule has 1 fully saturated rings. The van der Waals surface area contributed by atoms with Crippen LogP contribution in [0.1, 0.15) is 20.3 Å². The van der Waals surface area contributed by atoms with Gasteiger partial charge in [-0.15, -0.1) is 0 Å². The van der Waals surface area contributed by atoms with Crippen LogP contribution in [0, 0.1) is 5.92 Å². The molecule has 1 saturated heterocycles. The van der Waals surface area contributed by atoms with Gasteiger partial charge in [0.1, 0.15) is 0 Å². The number of hydrogen-bond acceptors (Lipinski definition) is 3. The third-order valence-electron chi connectivity index (χ3n) is 2.89. The fourth-order valence-electron chi connectivity index (χ4n) is 1.52. The van der Waals surface area contributed by atoms with Crippen molar-refractivity contribution in [1.82, 2.24) is 10.2 Å². The van der Waals surface area contributed by atoms with E-state index in [0.717, 1.165) is 45.8 Å². The highest BCUT2D eigenvalue weighted by Crippen LogP contribution is 1.99. The quantitative estimate of drug-likeness (QED) is 0.724. The second-order valence-corrected chi connectivity index (χ2v) is 4.05. The van der Waals surface area contributed by atoms with Gasteiger partial charge in [0.25, 0.3) is 0 Å². The van der Waals surface area contributed by atoms with Crippen LogP contribution in [-0.4, -0.2) is 50.2 Å². The number of nitrogens with one attached hydrogen (secondary N) is 1. The first-order valence-corrected chi connectivity index (χ1v) is 5.82. The zero-order chi connectivity index (χ0) is 11.1. The van der Waals surface area contributed by atoms with E-state index in [1.165, 1.54) is 0 Å². The Hall–Kier alpha value is -0.610. The summed E-state index contributed by atoms with van der Waals surface area (Å²) in [7, 11) is 0. The van der Waals surface area contributed by atoms with E-state index >= 15 is 0 Å². The molecule has 0 radical (unpaired) electrons. The molecule has 4 nitrogen and oxygen atoms in total. The Morgan fingerprint density at radius 2 is 2.13 bits per heavy atom. The molecule has 1 N–H and O–H groups in total. The van der Waals surface area contributed by atoms with Crippen LogP contribution in [0.25, 0.3) is 0 Å². The molecule has 0 aromatic rings. The number of hydrogen-bond donors (Lipinski definition) is 1. The van der Waals surface area contributed by atoms with Crippen LogP contribution >= 0.6 is 0 Å². The molecule has 0 spiro atoms. The second kappa shape index (κ2) is 6.80. The van der Waals surface area contributed by atoms with Gasteiger partial charge < -0.3 is 10.1 Å². The summed E-state index contributed by atoms with van der Waals surface area (Å²) in [6, 6.07) is 0. The Morgan fingerprint density at radius 3 is 2.73 bits per heavy atom. The van der Waals surface area contributed by atoms with Gasteiger partial charge in [0.15, 0.2) is 0 Å². The molecule has 1 unspecified atom stereocenters. The van der Waals surface area contributed by atoms with E-state index in [9.17, 15) is 4.79 Å². The summed E-state index contributed by atoms with van der Waals surface area (Å²) in [6.07, 6.45) is 0.906. The van der Waals surface area contributed by atoms with Gasteiger partial charge >= 0.3 is 0 Å². The highest BCUT2D eigenvalue weighted by atomic mass is 16.5. The van der Waals surface area contributed by atoms with Gasteiger partial charge in [-0.25, -0.2) is 0 Å². The lowest BCUT2D eigenvalue weighted by Crippen LogP contribution is -2.42. The molecular weight excluding hydrogens is 192 g/mol. The number of carbonyl (C=O) groups is 1. The van der Waals surface area contributed by atoms with Gasteiger partial charge in [-0.2, -0.15) is 0 Å². The van der Waals surface area contributed by atoms with Crippen molar-refractivity contribution in [2.75, 3.05) is 39.4 Å². The molecule has 1 heterocycles. The molecule has 0 aromatic heterocycles. The number of amides is 1. The van der Waals surface area contributed by atoms with E-state index in [-0.39, 0.29) is 11.8 Å². The van der Waals surface area contributed by atoms with Gasteiger partial charge in [0.2, 0.25) is 5.91 Å². The summed E-state index contributed by atoms with van der Waals surface area (Å²) in [4.78, 5) is 13.8. The first kappa shape index (κ1) is 12.5. The third kappa shape index (κ3) is 4.62. The van der Waals surface area contributed by atoms with E-state index in [0.29, 0.717) is 0 Å². The molecule has 1 atom stereocenters. The summed E-state index contributed by atoms with van der Waals surface area (Å²) < 4.78 is 5.25. The molecule has 0 bridgehead atoms. The molecule has 0 aromatic carbocycles. The summed E-state index contributed by atoms with van der Waals surface area (Å²) in [5.41, 5.74) is 0. The van der Waals surface area contributed by atoms with Crippen molar-refractivity contribution >= 4 is 5.91 Å². The zero-order valence-corrected chi connectivity index (χ0v) is 9.79. The van der Waals surface area contributed by atoms with Crippen LogP contribution in [0.5, 0.6) is 0 Å². The molecule has 0 aliphatic carbocycles. The second-order valence-electron chi connectivity index (χ2n) is 4.05. The van der Waals surface area contributed by atoms with E-state index < -0.39 is 0 Å². The number of nitrogens with zero attached hydrogens (tertiary/aromatic N) is 1. The van der Waals surface area contributed by atoms with Crippen LogP contribution in [0.15, 0.2) is 0 Å². The number of rotatable bonds is 5. The summed E-state index contributed by atoms with van der Waals surface area (Å²) in [6.45, 7) is 9.29. The molecule has 88 valence electrons. The van der Waals surface area contributed by atoms with Crippen molar-refractivity contribution in [3.63, 3.8) is 0 Å². The van der Waals surface area contributed by atoms with Gasteiger partial charge in [0.05, 0.1) is 13.2 Å². The van der Waals surface area contributed by atoms with Crippen molar-refractivity contribution < 1.29 is 9.53 Å². The summed E-state index contributed by atoms with van der Waals surface area (Å²) in [5.74, 6) is 0.306. The SMILES string of the molecule is CCC(C)C(=O)NCCN1CCOCC1. The molecule has 1 aliphatic heterocycles. The van der Waals surface area contributed by atoms with Crippen LogP contribution < -0.4 is 5.32 Å². The van der Waals surface area contributed by atoms with Crippen LogP contribution in [0.4, 0.5) is 0 Å². The molecule has 15 heavy (non-hydrogen) atoms. The third-order valence-corrected chi connectivity index (χ3v) is 2.89. The van der Waals surface area contributed by atoms with Gasteiger partial charge in [-0.05, 0) is 6.42 Å². The van der Waals surface area contributed by atoms with Crippen molar-refractivity contribution in [3.8, 4) is 0 Å². The minimum Gasteiger partial charge on any atom is -0.379 e. The smallest absolute Gasteiger partial charge is 0.222 e. The summed E-state index contributed by atoms with van der Waals surface area (Å²) >= 11 is 0. The fourth-order valence-corrected chi connectivity index (χ4v) is 1.52. The fraction of sp³-hybridized carbons (Fsp3) is 0.909. The predicted molar refractivity (Wildman–Crippen MR) is 59.7 cm³/mol. The Morgan fingerprint density at radius 1 is 1.47 bits per heavy atom. The largest absolute Gasteiger partial charge is 0.379 e. The van der Waals surface area contributed by atoms with Crippen molar-refractivity contribution in [2.24, 2.45) is 5.92 Å². The molecular formula is C11H22N2O2. The molecule has 1 rings (SSSR count). The first-order valence-electron chi connectivity index (χ1n) is 5.82. The minimum absolute atomic E-state index is 0.134. The number of ether oxygens (including phenoxy) is 1. The lowest BCUT2D eigenvalue weighted by Gasteiger charge is -2.26. The number of carbonyl (C=O) groups excluding carboxylic acids is 1.